The van der Waals surface area contributed by atoms with Crippen LogP contribution < -0.4 is 4.74 Å². The molecular formula is C16H21NO2. The van der Waals surface area contributed by atoms with E-state index in [2.05, 4.69) is 18.9 Å². The number of hydrogen-bond acceptors (Lipinski definition) is 3. The number of carbonyl (C=O) groups excluding carboxylic acids is 1. The Hall–Kier alpha value is -1.35. The van der Waals surface area contributed by atoms with Crippen molar-refractivity contribution >= 4 is 5.78 Å². The SMILES string of the molecule is CC(C1CC1)N(C)CC(=O)c1ccc2c(c1)CCO2. The largest absolute Gasteiger partial charge is 0.493 e. The molecule has 3 rings (SSSR count). The number of fused-ring (bicyclic) bond motifs is 1. The van der Waals surface area contributed by atoms with Crippen molar-refractivity contribution in [2.45, 2.75) is 32.2 Å². The predicted octanol–water partition coefficient (Wildman–Crippen LogP) is 2.53. The molecule has 1 aromatic rings. The quantitative estimate of drug-likeness (QED) is 0.761. The molecule has 0 radical (unpaired) electrons. The van der Waals surface area contributed by atoms with E-state index in [1.165, 1.54) is 18.4 Å². The van der Waals surface area contributed by atoms with E-state index in [0.717, 1.165) is 30.3 Å². The molecule has 1 unspecified atom stereocenters. The average Bonchev–Trinajstić information content (AvgIpc) is 3.15. The fourth-order valence-corrected chi connectivity index (χ4v) is 2.76. The topological polar surface area (TPSA) is 29.5 Å². The Balaban J connectivity index is 1.66. The molecule has 0 bridgehead atoms. The zero-order valence-corrected chi connectivity index (χ0v) is 11.7. The molecule has 3 nitrogen and oxygen atoms in total. The van der Waals surface area contributed by atoms with Gasteiger partial charge < -0.3 is 4.74 Å². The number of ether oxygens (including phenoxy) is 1. The number of rotatable bonds is 5. The van der Waals surface area contributed by atoms with Gasteiger partial charge >= 0.3 is 0 Å². The van der Waals surface area contributed by atoms with Gasteiger partial charge in [-0.25, -0.2) is 0 Å². The van der Waals surface area contributed by atoms with Crippen molar-refractivity contribution in [2.75, 3.05) is 20.2 Å². The molecule has 1 aliphatic heterocycles. The maximum Gasteiger partial charge on any atom is 0.176 e. The van der Waals surface area contributed by atoms with Gasteiger partial charge in [-0.05, 0) is 56.5 Å². The van der Waals surface area contributed by atoms with Crippen molar-refractivity contribution in [3.63, 3.8) is 0 Å². The van der Waals surface area contributed by atoms with Gasteiger partial charge in [0.2, 0.25) is 0 Å². The first-order chi connectivity index (χ1) is 9.15. The minimum absolute atomic E-state index is 0.213. The molecule has 0 amide bonds. The molecule has 0 aromatic heterocycles. The molecule has 3 heteroatoms. The van der Waals surface area contributed by atoms with Crippen LogP contribution in [0.4, 0.5) is 0 Å². The minimum atomic E-state index is 0.213. The maximum absolute atomic E-state index is 12.3. The van der Waals surface area contributed by atoms with Crippen LogP contribution in [-0.4, -0.2) is 36.9 Å². The van der Waals surface area contributed by atoms with Crippen molar-refractivity contribution in [1.82, 2.24) is 4.90 Å². The van der Waals surface area contributed by atoms with Crippen LogP contribution in [0, 0.1) is 5.92 Å². The van der Waals surface area contributed by atoms with Gasteiger partial charge in [0, 0.05) is 18.0 Å². The third-order valence-electron chi connectivity index (χ3n) is 4.40. The Kier molecular flexibility index (Phi) is 3.31. The number of benzene rings is 1. The number of Topliss-reactive ketones (excluding diaryl/α,β-unsaturated/α-hetero) is 1. The highest BCUT2D eigenvalue weighted by Gasteiger charge is 2.31. The van der Waals surface area contributed by atoms with Crippen LogP contribution >= 0.6 is 0 Å². The molecule has 0 saturated heterocycles. The highest BCUT2D eigenvalue weighted by molar-refractivity contribution is 5.98. The van der Waals surface area contributed by atoms with Gasteiger partial charge in [-0.2, -0.15) is 0 Å². The third kappa shape index (κ3) is 2.66. The predicted molar refractivity (Wildman–Crippen MR) is 74.8 cm³/mol. The average molecular weight is 259 g/mol. The fraction of sp³-hybridized carbons (Fsp3) is 0.562. The smallest absolute Gasteiger partial charge is 0.176 e. The van der Waals surface area contributed by atoms with Gasteiger partial charge in [0.25, 0.3) is 0 Å². The molecule has 1 atom stereocenters. The van der Waals surface area contributed by atoms with Gasteiger partial charge in [-0.1, -0.05) is 0 Å². The summed E-state index contributed by atoms with van der Waals surface area (Å²) in [5.74, 6) is 1.95. The van der Waals surface area contributed by atoms with Crippen molar-refractivity contribution in [2.24, 2.45) is 5.92 Å². The second-order valence-electron chi connectivity index (χ2n) is 5.84. The first-order valence-corrected chi connectivity index (χ1v) is 7.14. The minimum Gasteiger partial charge on any atom is -0.493 e. The van der Waals surface area contributed by atoms with Crippen molar-refractivity contribution in [1.29, 1.82) is 0 Å². The maximum atomic E-state index is 12.3. The second-order valence-corrected chi connectivity index (χ2v) is 5.84. The Bertz CT molecular complexity index is 494. The number of hydrogen-bond donors (Lipinski definition) is 0. The summed E-state index contributed by atoms with van der Waals surface area (Å²) in [6, 6.07) is 6.34. The van der Waals surface area contributed by atoms with Gasteiger partial charge in [0.15, 0.2) is 5.78 Å². The van der Waals surface area contributed by atoms with Crippen molar-refractivity contribution in [3.05, 3.63) is 29.3 Å². The molecule has 1 aliphatic carbocycles. The van der Waals surface area contributed by atoms with Gasteiger partial charge in [0.1, 0.15) is 5.75 Å². The number of ketones is 1. The van der Waals surface area contributed by atoms with E-state index in [-0.39, 0.29) is 5.78 Å². The lowest BCUT2D eigenvalue weighted by atomic mass is 10.0. The summed E-state index contributed by atoms with van der Waals surface area (Å²) in [7, 11) is 2.05. The van der Waals surface area contributed by atoms with Crippen LogP contribution in [0.25, 0.3) is 0 Å². The molecule has 0 spiro atoms. The molecule has 1 saturated carbocycles. The summed E-state index contributed by atoms with van der Waals surface area (Å²) in [5.41, 5.74) is 1.99. The van der Waals surface area contributed by atoms with E-state index >= 15 is 0 Å². The lowest BCUT2D eigenvalue weighted by Crippen LogP contribution is -2.35. The summed E-state index contributed by atoms with van der Waals surface area (Å²) >= 11 is 0. The van der Waals surface area contributed by atoms with E-state index in [0.29, 0.717) is 12.6 Å². The van der Waals surface area contributed by atoms with E-state index in [1.54, 1.807) is 0 Å². The van der Waals surface area contributed by atoms with Gasteiger partial charge in [-0.3, -0.25) is 9.69 Å². The zero-order valence-electron chi connectivity index (χ0n) is 11.7. The van der Waals surface area contributed by atoms with E-state index in [4.69, 9.17) is 4.74 Å². The van der Waals surface area contributed by atoms with E-state index in [1.807, 2.05) is 18.2 Å². The normalized spacial score (nSPS) is 19.1. The van der Waals surface area contributed by atoms with Crippen LogP contribution in [0.1, 0.15) is 35.7 Å². The van der Waals surface area contributed by atoms with Crippen molar-refractivity contribution < 1.29 is 9.53 Å². The highest BCUT2D eigenvalue weighted by atomic mass is 16.5. The van der Waals surface area contributed by atoms with Crippen LogP contribution in [0.3, 0.4) is 0 Å². The van der Waals surface area contributed by atoms with Gasteiger partial charge in [-0.15, -0.1) is 0 Å². The molecule has 1 fully saturated rings. The summed E-state index contributed by atoms with van der Waals surface area (Å²) < 4.78 is 5.47. The number of nitrogens with zero attached hydrogens (tertiary/aromatic N) is 1. The van der Waals surface area contributed by atoms with Crippen LogP contribution in [0.15, 0.2) is 18.2 Å². The molecule has 0 N–H and O–H groups in total. The molecule has 1 aromatic carbocycles. The monoisotopic (exact) mass is 259 g/mol. The van der Waals surface area contributed by atoms with Crippen LogP contribution in [0.2, 0.25) is 0 Å². The lowest BCUT2D eigenvalue weighted by molar-refractivity contribution is 0.0917. The van der Waals surface area contributed by atoms with Gasteiger partial charge in [0.05, 0.1) is 13.2 Å². The Morgan fingerprint density at radius 1 is 1.47 bits per heavy atom. The second kappa shape index (κ2) is 4.97. The summed E-state index contributed by atoms with van der Waals surface area (Å²) in [6.45, 7) is 3.48. The number of carbonyl (C=O) groups is 1. The van der Waals surface area contributed by atoms with E-state index in [9.17, 15) is 4.79 Å². The highest BCUT2D eigenvalue weighted by Crippen LogP contribution is 2.34. The number of likely N-dealkylation sites (N-methyl/N-ethyl adjacent to an activating group) is 1. The molecule has 1 heterocycles. The summed E-state index contributed by atoms with van der Waals surface area (Å²) in [5, 5.41) is 0. The molecular weight excluding hydrogens is 238 g/mol. The standard InChI is InChI=1S/C16H21NO2/c1-11(12-3-4-12)17(2)10-15(18)13-5-6-16-14(9-13)7-8-19-16/h5-6,9,11-12H,3-4,7-8,10H2,1-2H3. The molecule has 102 valence electrons. The fourth-order valence-electron chi connectivity index (χ4n) is 2.76. The van der Waals surface area contributed by atoms with Crippen LogP contribution in [-0.2, 0) is 6.42 Å². The Labute approximate surface area is 114 Å². The Morgan fingerprint density at radius 2 is 2.26 bits per heavy atom. The first-order valence-electron chi connectivity index (χ1n) is 7.14. The van der Waals surface area contributed by atoms with E-state index < -0.39 is 0 Å². The lowest BCUT2D eigenvalue weighted by Gasteiger charge is -2.23. The first kappa shape index (κ1) is 12.7. The molecule has 19 heavy (non-hydrogen) atoms. The van der Waals surface area contributed by atoms with Crippen molar-refractivity contribution in [3.8, 4) is 5.75 Å². The van der Waals surface area contributed by atoms with Crippen LogP contribution in [0.5, 0.6) is 5.75 Å². The Morgan fingerprint density at radius 3 is 3.00 bits per heavy atom. The summed E-state index contributed by atoms with van der Waals surface area (Å²) in [4.78, 5) is 14.5. The summed E-state index contributed by atoms with van der Waals surface area (Å²) in [6.07, 6.45) is 3.55. The molecule has 2 aliphatic rings. The third-order valence-corrected chi connectivity index (χ3v) is 4.40. The zero-order chi connectivity index (χ0) is 13.4.